The first kappa shape index (κ1) is 16.5. The zero-order valence-corrected chi connectivity index (χ0v) is 13.7. The van der Waals surface area contributed by atoms with E-state index in [4.69, 9.17) is 0 Å². The van der Waals surface area contributed by atoms with Gasteiger partial charge in [0.05, 0.1) is 0 Å². The molecule has 118 valence electrons. The van der Waals surface area contributed by atoms with Gasteiger partial charge in [-0.15, -0.1) is 0 Å². The molecule has 0 amide bonds. The van der Waals surface area contributed by atoms with Gasteiger partial charge in [0.25, 0.3) is 0 Å². The minimum Gasteiger partial charge on any atom is -0.316 e. The fourth-order valence-corrected chi connectivity index (χ4v) is 2.99. The van der Waals surface area contributed by atoms with Crippen LogP contribution in [0.3, 0.4) is 0 Å². The molecule has 0 aromatic heterocycles. The molecule has 3 heteroatoms. The lowest BCUT2D eigenvalue weighted by atomic mass is 10.00. The van der Waals surface area contributed by atoms with Crippen molar-refractivity contribution in [1.82, 2.24) is 15.5 Å². The average Bonchev–Trinajstić information content (AvgIpc) is 2.55. The first-order valence-corrected chi connectivity index (χ1v) is 8.53. The Labute approximate surface area is 130 Å². The Morgan fingerprint density at radius 1 is 1.14 bits per heavy atom. The molecule has 1 saturated heterocycles. The summed E-state index contributed by atoms with van der Waals surface area (Å²) in [5, 5.41) is 7.08. The fourth-order valence-electron chi connectivity index (χ4n) is 2.99. The predicted octanol–water partition coefficient (Wildman–Crippen LogP) is 2.62. The molecule has 2 rings (SSSR count). The Morgan fingerprint density at radius 3 is 2.48 bits per heavy atom. The molecule has 1 aliphatic rings. The molecule has 1 unspecified atom stereocenters. The first-order valence-electron chi connectivity index (χ1n) is 8.53. The number of rotatable bonds is 8. The summed E-state index contributed by atoms with van der Waals surface area (Å²) < 4.78 is 0. The van der Waals surface area contributed by atoms with Gasteiger partial charge >= 0.3 is 0 Å². The maximum atomic E-state index is 3.60. The molecule has 1 heterocycles. The smallest absolute Gasteiger partial charge is 0.0233 e. The van der Waals surface area contributed by atoms with Crippen molar-refractivity contribution in [3.8, 4) is 0 Å². The van der Waals surface area contributed by atoms with Crippen molar-refractivity contribution in [3.05, 3.63) is 35.4 Å². The predicted molar refractivity (Wildman–Crippen MR) is 90.4 cm³/mol. The highest BCUT2D eigenvalue weighted by atomic mass is 15.1. The molecule has 2 N–H and O–H groups in total. The van der Waals surface area contributed by atoms with E-state index in [1.54, 1.807) is 0 Å². The largest absolute Gasteiger partial charge is 0.316 e. The van der Waals surface area contributed by atoms with Crippen LogP contribution in [-0.2, 0) is 13.1 Å². The van der Waals surface area contributed by atoms with E-state index in [-0.39, 0.29) is 0 Å². The summed E-state index contributed by atoms with van der Waals surface area (Å²) in [6.07, 6.45) is 2.69. The third kappa shape index (κ3) is 5.77. The van der Waals surface area contributed by atoms with Crippen molar-refractivity contribution in [1.29, 1.82) is 0 Å². The lowest BCUT2D eigenvalue weighted by molar-refractivity contribution is 0.296. The SMILES string of the molecule is CCN(CC)Cc1ccc(CNCC2CCCNC2)cc1. The van der Waals surface area contributed by atoms with E-state index in [0.29, 0.717) is 0 Å². The van der Waals surface area contributed by atoms with E-state index in [1.807, 2.05) is 0 Å². The van der Waals surface area contributed by atoms with Crippen LogP contribution in [0.5, 0.6) is 0 Å². The summed E-state index contributed by atoms with van der Waals surface area (Å²) in [6.45, 7) is 12.2. The molecule has 1 fully saturated rings. The molecular weight excluding hydrogens is 258 g/mol. The molecule has 3 nitrogen and oxygen atoms in total. The van der Waals surface area contributed by atoms with Gasteiger partial charge in [-0.05, 0) is 62.6 Å². The van der Waals surface area contributed by atoms with Gasteiger partial charge in [-0.1, -0.05) is 38.1 Å². The van der Waals surface area contributed by atoms with Crippen LogP contribution in [0.4, 0.5) is 0 Å². The van der Waals surface area contributed by atoms with Crippen LogP contribution in [-0.4, -0.2) is 37.6 Å². The Morgan fingerprint density at radius 2 is 1.86 bits per heavy atom. The van der Waals surface area contributed by atoms with E-state index in [1.165, 1.54) is 37.1 Å². The molecule has 0 bridgehead atoms. The molecule has 1 atom stereocenters. The fraction of sp³-hybridized carbons (Fsp3) is 0.667. The van der Waals surface area contributed by atoms with E-state index in [2.05, 4.69) is 53.6 Å². The van der Waals surface area contributed by atoms with Crippen LogP contribution in [0.25, 0.3) is 0 Å². The average molecular weight is 289 g/mol. The molecule has 0 aliphatic carbocycles. The van der Waals surface area contributed by atoms with Gasteiger partial charge in [0.2, 0.25) is 0 Å². The van der Waals surface area contributed by atoms with Crippen LogP contribution in [0.15, 0.2) is 24.3 Å². The highest BCUT2D eigenvalue weighted by Gasteiger charge is 2.11. The molecule has 0 radical (unpaired) electrons. The van der Waals surface area contributed by atoms with Gasteiger partial charge < -0.3 is 10.6 Å². The molecule has 0 spiro atoms. The van der Waals surface area contributed by atoms with Crippen molar-refractivity contribution in [2.45, 2.75) is 39.8 Å². The molecule has 1 aliphatic heterocycles. The van der Waals surface area contributed by atoms with E-state index in [0.717, 1.165) is 38.6 Å². The normalized spacial score (nSPS) is 19.1. The first-order chi connectivity index (χ1) is 10.3. The van der Waals surface area contributed by atoms with Gasteiger partial charge in [0.15, 0.2) is 0 Å². The second kappa shape index (κ2) is 9.19. The molecule has 1 aromatic carbocycles. The lowest BCUT2D eigenvalue weighted by Gasteiger charge is -2.23. The minimum absolute atomic E-state index is 0.806. The van der Waals surface area contributed by atoms with Crippen LogP contribution in [0, 0.1) is 5.92 Å². The van der Waals surface area contributed by atoms with Crippen molar-refractivity contribution in [2.24, 2.45) is 5.92 Å². The van der Waals surface area contributed by atoms with Crippen LogP contribution in [0.1, 0.15) is 37.8 Å². The topological polar surface area (TPSA) is 27.3 Å². The Kier molecular flexibility index (Phi) is 7.20. The van der Waals surface area contributed by atoms with Gasteiger partial charge in [-0.25, -0.2) is 0 Å². The zero-order chi connectivity index (χ0) is 14.9. The third-order valence-electron chi connectivity index (χ3n) is 4.48. The van der Waals surface area contributed by atoms with Crippen LogP contribution in [0.2, 0.25) is 0 Å². The molecule has 1 aromatic rings. The molecular formula is C18H31N3. The van der Waals surface area contributed by atoms with E-state index < -0.39 is 0 Å². The Balaban J connectivity index is 1.71. The number of nitrogens with zero attached hydrogens (tertiary/aromatic N) is 1. The highest BCUT2D eigenvalue weighted by Crippen LogP contribution is 2.10. The highest BCUT2D eigenvalue weighted by molar-refractivity contribution is 5.22. The summed E-state index contributed by atoms with van der Waals surface area (Å²) in [4.78, 5) is 2.45. The minimum atomic E-state index is 0.806. The monoisotopic (exact) mass is 289 g/mol. The second-order valence-electron chi connectivity index (χ2n) is 6.12. The van der Waals surface area contributed by atoms with Crippen molar-refractivity contribution in [2.75, 3.05) is 32.7 Å². The summed E-state index contributed by atoms with van der Waals surface area (Å²) in [5.41, 5.74) is 2.81. The van der Waals surface area contributed by atoms with Crippen LogP contribution >= 0.6 is 0 Å². The quantitative estimate of drug-likeness (QED) is 0.770. The van der Waals surface area contributed by atoms with E-state index >= 15 is 0 Å². The number of benzene rings is 1. The van der Waals surface area contributed by atoms with Gasteiger partial charge in [-0.2, -0.15) is 0 Å². The van der Waals surface area contributed by atoms with Gasteiger partial charge in [0.1, 0.15) is 0 Å². The Bertz CT molecular complexity index is 378. The number of hydrogen-bond donors (Lipinski definition) is 2. The van der Waals surface area contributed by atoms with Crippen LogP contribution < -0.4 is 10.6 Å². The maximum Gasteiger partial charge on any atom is 0.0233 e. The van der Waals surface area contributed by atoms with E-state index in [9.17, 15) is 0 Å². The lowest BCUT2D eigenvalue weighted by Crippen LogP contribution is -2.35. The number of nitrogens with one attached hydrogen (secondary N) is 2. The molecule has 0 saturated carbocycles. The standard InChI is InChI=1S/C18H31N3/c1-3-21(4-2)15-17-9-7-16(8-10-17)12-20-14-18-6-5-11-19-13-18/h7-10,18-20H,3-6,11-15H2,1-2H3. The Hall–Kier alpha value is -0.900. The van der Waals surface area contributed by atoms with Gasteiger partial charge in [0, 0.05) is 13.1 Å². The number of piperidine rings is 1. The van der Waals surface area contributed by atoms with Crippen molar-refractivity contribution < 1.29 is 0 Å². The zero-order valence-electron chi connectivity index (χ0n) is 13.7. The second-order valence-corrected chi connectivity index (χ2v) is 6.12. The van der Waals surface area contributed by atoms with Gasteiger partial charge in [-0.3, -0.25) is 4.90 Å². The summed E-state index contributed by atoms with van der Waals surface area (Å²) in [7, 11) is 0. The van der Waals surface area contributed by atoms with Crippen molar-refractivity contribution >= 4 is 0 Å². The summed E-state index contributed by atoms with van der Waals surface area (Å²) >= 11 is 0. The summed E-state index contributed by atoms with van der Waals surface area (Å²) in [5.74, 6) is 0.806. The molecule has 21 heavy (non-hydrogen) atoms. The number of hydrogen-bond acceptors (Lipinski definition) is 3. The maximum absolute atomic E-state index is 3.60. The third-order valence-corrected chi connectivity index (χ3v) is 4.48. The summed E-state index contributed by atoms with van der Waals surface area (Å²) in [6, 6.07) is 9.09. The van der Waals surface area contributed by atoms with Crippen molar-refractivity contribution in [3.63, 3.8) is 0 Å².